The van der Waals surface area contributed by atoms with E-state index in [9.17, 15) is 9.59 Å². The van der Waals surface area contributed by atoms with Gasteiger partial charge in [0.25, 0.3) is 5.91 Å². The number of nitrogens with one attached hydrogen (secondary N) is 1. The molecule has 0 saturated carbocycles. The van der Waals surface area contributed by atoms with Crippen molar-refractivity contribution in [3.8, 4) is 0 Å². The first kappa shape index (κ1) is 12.3. The molecular weight excluding hydrogens is 230 g/mol. The zero-order chi connectivity index (χ0) is 13.1. The highest BCUT2D eigenvalue weighted by Crippen LogP contribution is 2.14. The fourth-order valence-electron chi connectivity index (χ4n) is 1.84. The summed E-state index contributed by atoms with van der Waals surface area (Å²) in [5.41, 5.74) is 3.04. The van der Waals surface area contributed by atoms with Crippen LogP contribution in [0.5, 0.6) is 0 Å². The second kappa shape index (κ2) is 5.00. The number of H-pyrrole nitrogens is 1. The molecule has 0 radical (unpaired) electrons. The number of hydrogen-bond acceptors (Lipinski definition) is 3. The van der Waals surface area contributed by atoms with E-state index in [1.54, 1.807) is 7.05 Å². The number of imidazole rings is 1. The zero-order valence-corrected chi connectivity index (χ0v) is 10.4. The van der Waals surface area contributed by atoms with E-state index in [4.69, 9.17) is 0 Å². The number of fused-ring (bicyclic) bond motifs is 1. The molecule has 1 heterocycles. The molecule has 0 aliphatic carbocycles. The largest absolute Gasteiger partial charge is 0.342 e. The highest BCUT2D eigenvalue weighted by molar-refractivity contribution is 6.23. The Hall–Kier alpha value is -2.17. The van der Waals surface area contributed by atoms with Crippen molar-refractivity contribution in [2.45, 2.75) is 13.3 Å². The average molecular weight is 245 g/mol. The predicted octanol–water partition coefficient (Wildman–Crippen LogP) is 1.07. The number of amides is 1. The van der Waals surface area contributed by atoms with E-state index in [0.29, 0.717) is 19.3 Å². The molecule has 5 heteroatoms. The van der Waals surface area contributed by atoms with E-state index in [1.807, 2.05) is 25.1 Å². The number of carbonyl (C=O) groups is 2. The summed E-state index contributed by atoms with van der Waals surface area (Å²) in [5, 5.41) is 0. The van der Waals surface area contributed by atoms with Crippen LogP contribution < -0.4 is 0 Å². The Morgan fingerprint density at radius 2 is 2.28 bits per heavy atom. The minimum absolute atomic E-state index is 0.335. The minimum Gasteiger partial charge on any atom is -0.342 e. The van der Waals surface area contributed by atoms with Gasteiger partial charge in [-0.2, -0.15) is 0 Å². The molecule has 0 aliphatic heterocycles. The number of likely N-dealkylation sites (N-methyl/N-ethyl adjacent to an activating group) is 1. The van der Waals surface area contributed by atoms with Gasteiger partial charge in [-0.25, -0.2) is 4.98 Å². The van der Waals surface area contributed by atoms with Crippen molar-refractivity contribution < 1.29 is 9.59 Å². The van der Waals surface area contributed by atoms with E-state index in [1.165, 1.54) is 4.90 Å². The molecule has 1 amide bonds. The van der Waals surface area contributed by atoms with Gasteiger partial charge < -0.3 is 9.88 Å². The van der Waals surface area contributed by atoms with Crippen LogP contribution in [0.1, 0.15) is 11.4 Å². The monoisotopic (exact) mass is 245 g/mol. The van der Waals surface area contributed by atoms with E-state index in [2.05, 4.69) is 9.97 Å². The van der Waals surface area contributed by atoms with E-state index in [0.717, 1.165) is 22.4 Å². The van der Waals surface area contributed by atoms with Gasteiger partial charge in [-0.3, -0.25) is 9.59 Å². The summed E-state index contributed by atoms with van der Waals surface area (Å²) >= 11 is 0. The van der Waals surface area contributed by atoms with Crippen LogP contribution >= 0.6 is 0 Å². The molecule has 0 aliphatic rings. The zero-order valence-electron chi connectivity index (χ0n) is 10.4. The van der Waals surface area contributed by atoms with E-state index in [-0.39, 0.29) is 0 Å². The SMILES string of the molecule is Cc1nc2ccc(CCN(C)C(=O)C=O)cc2[nH]1. The van der Waals surface area contributed by atoms with Gasteiger partial charge in [-0.1, -0.05) is 6.07 Å². The molecule has 0 unspecified atom stereocenters. The van der Waals surface area contributed by atoms with Crippen LogP contribution in [0.4, 0.5) is 0 Å². The predicted molar refractivity (Wildman–Crippen MR) is 68.2 cm³/mol. The molecule has 0 fully saturated rings. The lowest BCUT2D eigenvalue weighted by Crippen LogP contribution is -2.29. The lowest BCUT2D eigenvalue weighted by molar-refractivity contribution is -0.137. The van der Waals surface area contributed by atoms with Crippen LogP contribution in [0.2, 0.25) is 0 Å². The first-order chi connectivity index (χ1) is 8.60. The minimum atomic E-state index is -0.492. The number of aromatic amines is 1. The Balaban J connectivity index is 2.07. The Labute approximate surface area is 105 Å². The maximum Gasteiger partial charge on any atom is 0.286 e. The number of nitrogens with zero attached hydrogens (tertiary/aromatic N) is 2. The van der Waals surface area contributed by atoms with Gasteiger partial charge in [0.15, 0.2) is 0 Å². The van der Waals surface area contributed by atoms with Gasteiger partial charge in [0, 0.05) is 13.6 Å². The fraction of sp³-hybridized carbons (Fsp3) is 0.308. The van der Waals surface area contributed by atoms with Crippen LogP contribution in [0.3, 0.4) is 0 Å². The second-order valence-corrected chi connectivity index (χ2v) is 4.30. The smallest absolute Gasteiger partial charge is 0.286 e. The van der Waals surface area contributed by atoms with Crippen LogP contribution in [0.25, 0.3) is 11.0 Å². The first-order valence-electron chi connectivity index (χ1n) is 5.75. The third kappa shape index (κ3) is 2.56. The summed E-state index contributed by atoms with van der Waals surface area (Å²) in [4.78, 5) is 30.3. The molecule has 2 aromatic rings. The van der Waals surface area contributed by atoms with Gasteiger partial charge >= 0.3 is 0 Å². The maximum atomic E-state index is 11.1. The molecule has 5 nitrogen and oxygen atoms in total. The van der Waals surface area contributed by atoms with Gasteiger partial charge in [0.2, 0.25) is 6.29 Å². The van der Waals surface area contributed by atoms with Crippen molar-refractivity contribution >= 4 is 23.2 Å². The van der Waals surface area contributed by atoms with Gasteiger partial charge in [0.1, 0.15) is 5.82 Å². The van der Waals surface area contributed by atoms with Crippen LogP contribution in [0.15, 0.2) is 18.2 Å². The number of aldehydes is 1. The standard InChI is InChI=1S/C13H15N3O2/c1-9-14-11-4-3-10(7-12(11)15-9)5-6-16(2)13(18)8-17/h3-4,7-8H,5-6H2,1-2H3,(H,14,15). The molecule has 0 saturated heterocycles. The van der Waals surface area contributed by atoms with E-state index < -0.39 is 5.91 Å². The summed E-state index contributed by atoms with van der Waals surface area (Å²) in [6.07, 6.45) is 1.05. The van der Waals surface area contributed by atoms with Crippen molar-refractivity contribution in [3.05, 3.63) is 29.6 Å². The average Bonchev–Trinajstić information content (AvgIpc) is 2.74. The van der Waals surface area contributed by atoms with Crippen molar-refractivity contribution in [1.82, 2.24) is 14.9 Å². The molecule has 1 aromatic carbocycles. The molecule has 0 atom stereocenters. The molecule has 2 rings (SSSR count). The number of aryl methyl sites for hydroxylation is 1. The van der Waals surface area contributed by atoms with Crippen molar-refractivity contribution in [1.29, 1.82) is 0 Å². The van der Waals surface area contributed by atoms with Gasteiger partial charge in [-0.15, -0.1) is 0 Å². The quantitative estimate of drug-likeness (QED) is 0.647. The highest BCUT2D eigenvalue weighted by atomic mass is 16.2. The van der Waals surface area contributed by atoms with Gasteiger partial charge in [-0.05, 0) is 31.0 Å². The molecule has 1 aromatic heterocycles. The van der Waals surface area contributed by atoms with Gasteiger partial charge in [0.05, 0.1) is 11.0 Å². The first-order valence-corrected chi connectivity index (χ1v) is 5.75. The Kier molecular flexibility index (Phi) is 3.41. The second-order valence-electron chi connectivity index (χ2n) is 4.30. The fourth-order valence-corrected chi connectivity index (χ4v) is 1.84. The number of hydrogen-bond donors (Lipinski definition) is 1. The lowest BCUT2D eigenvalue weighted by atomic mass is 10.1. The normalized spacial score (nSPS) is 10.6. The van der Waals surface area contributed by atoms with Crippen LogP contribution in [0, 0.1) is 6.92 Å². The summed E-state index contributed by atoms with van der Waals surface area (Å²) in [6, 6.07) is 5.96. The summed E-state index contributed by atoms with van der Waals surface area (Å²) in [5.74, 6) is 0.392. The van der Waals surface area contributed by atoms with Crippen molar-refractivity contribution in [3.63, 3.8) is 0 Å². The topological polar surface area (TPSA) is 66.1 Å². The molecule has 0 bridgehead atoms. The number of carbonyl (C=O) groups excluding carboxylic acids is 2. The lowest BCUT2D eigenvalue weighted by Gasteiger charge is -2.13. The summed E-state index contributed by atoms with van der Waals surface area (Å²) in [6.45, 7) is 2.44. The summed E-state index contributed by atoms with van der Waals surface area (Å²) < 4.78 is 0. The Morgan fingerprint density at radius 3 is 3.00 bits per heavy atom. The van der Waals surface area contributed by atoms with E-state index >= 15 is 0 Å². The number of benzene rings is 1. The number of rotatable bonds is 4. The summed E-state index contributed by atoms with van der Waals surface area (Å²) in [7, 11) is 1.62. The molecule has 94 valence electrons. The Morgan fingerprint density at radius 1 is 1.50 bits per heavy atom. The molecular formula is C13H15N3O2. The number of aromatic nitrogens is 2. The molecule has 0 spiro atoms. The molecule has 1 N–H and O–H groups in total. The van der Waals surface area contributed by atoms with Crippen molar-refractivity contribution in [2.24, 2.45) is 0 Å². The molecule has 18 heavy (non-hydrogen) atoms. The third-order valence-corrected chi connectivity index (χ3v) is 2.88. The van der Waals surface area contributed by atoms with Crippen molar-refractivity contribution in [2.75, 3.05) is 13.6 Å². The van der Waals surface area contributed by atoms with Crippen LogP contribution in [-0.4, -0.2) is 40.7 Å². The van der Waals surface area contributed by atoms with Crippen LogP contribution in [-0.2, 0) is 16.0 Å². The maximum absolute atomic E-state index is 11.1. The third-order valence-electron chi connectivity index (χ3n) is 2.88. The highest BCUT2D eigenvalue weighted by Gasteiger charge is 2.07. The Bertz CT molecular complexity index is 589.